The number of rotatable bonds is 16. The fraction of sp³-hybridized carbons (Fsp3) is 0.733. The van der Waals surface area contributed by atoms with E-state index >= 15 is 0 Å². The van der Waals surface area contributed by atoms with E-state index in [0.717, 1.165) is 38.5 Å². The molecule has 6 nitrogen and oxygen atoms in total. The fourth-order valence-corrected chi connectivity index (χ4v) is 4.16. The molecule has 1 aromatic carbocycles. The zero-order valence-electron chi connectivity index (χ0n) is 24.4. The smallest absolute Gasteiger partial charge is 0.342 e. The molecular weight excluding hydrogens is 456 g/mol. The monoisotopic (exact) mass is 506 g/mol. The van der Waals surface area contributed by atoms with E-state index in [4.69, 9.17) is 18.9 Å². The highest BCUT2D eigenvalue weighted by molar-refractivity contribution is 5.99. The Morgan fingerprint density at radius 2 is 1.25 bits per heavy atom. The largest absolute Gasteiger partial charge is 0.493 e. The second-order valence-corrected chi connectivity index (χ2v) is 11.2. The molecule has 206 valence electrons. The summed E-state index contributed by atoms with van der Waals surface area (Å²) in [7, 11) is 2.95. The third-order valence-corrected chi connectivity index (χ3v) is 7.08. The molecule has 0 aliphatic carbocycles. The first kappa shape index (κ1) is 31.8. The first-order valence-corrected chi connectivity index (χ1v) is 13.6. The maximum atomic E-state index is 13.4. The maximum absolute atomic E-state index is 13.4. The summed E-state index contributed by atoms with van der Waals surface area (Å²) in [5.74, 6) is 0.691. The molecule has 1 rings (SSSR count). The number of esters is 2. The Morgan fingerprint density at radius 3 is 1.64 bits per heavy atom. The lowest BCUT2D eigenvalue weighted by molar-refractivity contribution is -0.0170. The molecule has 0 aliphatic rings. The predicted octanol–water partition coefficient (Wildman–Crippen LogP) is 8.01. The van der Waals surface area contributed by atoms with Crippen molar-refractivity contribution in [2.45, 2.75) is 118 Å². The van der Waals surface area contributed by atoms with Crippen LogP contribution in [0.2, 0.25) is 0 Å². The zero-order valence-corrected chi connectivity index (χ0v) is 24.4. The summed E-state index contributed by atoms with van der Waals surface area (Å²) in [6.45, 7) is 16.7. The van der Waals surface area contributed by atoms with Crippen LogP contribution in [-0.4, -0.2) is 37.4 Å². The van der Waals surface area contributed by atoms with Crippen LogP contribution in [-0.2, 0) is 9.47 Å². The summed E-state index contributed by atoms with van der Waals surface area (Å²) in [5.41, 5.74) is -0.805. The molecule has 0 spiro atoms. The number of ether oxygens (including phenoxy) is 4. The van der Waals surface area contributed by atoms with Gasteiger partial charge in [-0.15, -0.1) is 0 Å². The summed E-state index contributed by atoms with van der Waals surface area (Å²) < 4.78 is 23.0. The molecule has 6 heteroatoms. The van der Waals surface area contributed by atoms with Crippen LogP contribution in [0.4, 0.5) is 0 Å². The van der Waals surface area contributed by atoms with Crippen molar-refractivity contribution >= 4 is 11.9 Å². The van der Waals surface area contributed by atoms with Crippen molar-refractivity contribution in [1.29, 1.82) is 0 Å². The minimum Gasteiger partial charge on any atom is -0.493 e. The normalized spacial score (nSPS) is 14.8. The molecule has 0 heterocycles. The lowest BCUT2D eigenvalue weighted by atomic mass is 9.93. The van der Waals surface area contributed by atoms with Crippen LogP contribution in [0.25, 0.3) is 0 Å². The van der Waals surface area contributed by atoms with E-state index in [9.17, 15) is 9.59 Å². The average molecular weight is 507 g/mol. The van der Waals surface area contributed by atoms with Crippen LogP contribution >= 0.6 is 0 Å². The van der Waals surface area contributed by atoms with Gasteiger partial charge in [-0.25, -0.2) is 9.59 Å². The first-order chi connectivity index (χ1) is 16.8. The van der Waals surface area contributed by atoms with E-state index in [1.165, 1.54) is 20.3 Å². The van der Waals surface area contributed by atoms with Crippen molar-refractivity contribution in [3.8, 4) is 11.5 Å². The summed E-state index contributed by atoms with van der Waals surface area (Å²) in [6.07, 6.45) is 7.01. The summed E-state index contributed by atoms with van der Waals surface area (Å²) >= 11 is 0. The van der Waals surface area contributed by atoms with E-state index in [1.807, 2.05) is 27.7 Å². The number of methoxy groups -OCH3 is 2. The Balaban J connectivity index is 3.23. The zero-order chi connectivity index (χ0) is 27.5. The molecule has 0 radical (unpaired) electrons. The Morgan fingerprint density at radius 1 is 0.778 bits per heavy atom. The van der Waals surface area contributed by atoms with Gasteiger partial charge in [-0.1, -0.05) is 54.4 Å². The van der Waals surface area contributed by atoms with Crippen molar-refractivity contribution in [2.75, 3.05) is 14.2 Å². The van der Waals surface area contributed by atoms with E-state index < -0.39 is 23.1 Å². The molecule has 0 saturated heterocycles. The standard InChI is InChI=1S/C30H50O6/c1-11-29(7,17-13-15-21(3)4)35-27(31)23-19-24(26(34-10)25(20-23)33-9)28(32)36-30(8,12-2)18-14-16-22(5)6/h19-22H,11-18H2,1-10H3. The van der Waals surface area contributed by atoms with Gasteiger partial charge >= 0.3 is 11.9 Å². The van der Waals surface area contributed by atoms with Gasteiger partial charge in [-0.3, -0.25) is 0 Å². The number of carbonyl (C=O) groups excluding carboxylic acids is 2. The number of hydrogen-bond acceptors (Lipinski definition) is 6. The first-order valence-electron chi connectivity index (χ1n) is 13.6. The van der Waals surface area contributed by atoms with Crippen LogP contribution in [0, 0.1) is 11.8 Å². The summed E-state index contributed by atoms with van der Waals surface area (Å²) in [6, 6.07) is 3.06. The van der Waals surface area contributed by atoms with Gasteiger partial charge in [0.25, 0.3) is 0 Å². The molecule has 0 fully saturated rings. The topological polar surface area (TPSA) is 71.1 Å². The lowest BCUT2D eigenvalue weighted by Gasteiger charge is -2.30. The molecule has 2 atom stereocenters. The SMILES string of the molecule is CCC(C)(CCCC(C)C)OC(=O)c1cc(OC)c(OC)c(C(=O)OC(C)(CC)CCCC(C)C)c1. The van der Waals surface area contributed by atoms with Gasteiger partial charge in [-0.2, -0.15) is 0 Å². The van der Waals surface area contributed by atoms with Crippen molar-refractivity contribution in [2.24, 2.45) is 11.8 Å². The Labute approximate surface area is 219 Å². The van der Waals surface area contributed by atoms with Gasteiger partial charge in [0.15, 0.2) is 11.5 Å². The van der Waals surface area contributed by atoms with Gasteiger partial charge < -0.3 is 18.9 Å². The molecule has 2 unspecified atom stereocenters. The molecule has 0 N–H and O–H groups in total. The van der Waals surface area contributed by atoms with Gasteiger partial charge in [-0.05, 0) is 76.3 Å². The number of carbonyl (C=O) groups is 2. The second-order valence-electron chi connectivity index (χ2n) is 11.2. The van der Waals surface area contributed by atoms with Crippen molar-refractivity contribution in [3.63, 3.8) is 0 Å². The number of benzene rings is 1. The van der Waals surface area contributed by atoms with Crippen molar-refractivity contribution in [1.82, 2.24) is 0 Å². The predicted molar refractivity (Wildman–Crippen MR) is 145 cm³/mol. The van der Waals surface area contributed by atoms with Crippen molar-refractivity contribution < 1.29 is 28.5 Å². The third kappa shape index (κ3) is 9.67. The minimum absolute atomic E-state index is 0.158. The van der Waals surface area contributed by atoms with E-state index in [2.05, 4.69) is 27.7 Å². The second kappa shape index (κ2) is 14.5. The van der Waals surface area contributed by atoms with Gasteiger partial charge in [0.05, 0.1) is 19.8 Å². The third-order valence-electron chi connectivity index (χ3n) is 7.08. The quantitative estimate of drug-likeness (QED) is 0.211. The van der Waals surface area contributed by atoms with Crippen molar-refractivity contribution in [3.05, 3.63) is 23.3 Å². The van der Waals surface area contributed by atoms with E-state index in [-0.39, 0.29) is 22.6 Å². The molecule has 0 bridgehead atoms. The highest BCUT2D eigenvalue weighted by atomic mass is 16.6. The maximum Gasteiger partial charge on any atom is 0.342 e. The molecule has 0 aromatic heterocycles. The average Bonchev–Trinajstić information content (AvgIpc) is 2.82. The van der Waals surface area contributed by atoms with Crippen LogP contribution in [0.15, 0.2) is 12.1 Å². The Kier molecular flexibility index (Phi) is 12.8. The van der Waals surface area contributed by atoms with E-state index in [1.54, 1.807) is 6.07 Å². The molecule has 0 aliphatic heterocycles. The number of hydrogen-bond donors (Lipinski definition) is 0. The van der Waals surface area contributed by atoms with Crippen LogP contribution in [0.5, 0.6) is 11.5 Å². The fourth-order valence-electron chi connectivity index (χ4n) is 4.16. The van der Waals surface area contributed by atoms with Crippen LogP contribution < -0.4 is 9.47 Å². The molecular formula is C30H50O6. The van der Waals surface area contributed by atoms with Crippen LogP contribution in [0.3, 0.4) is 0 Å². The molecule has 0 saturated carbocycles. The van der Waals surface area contributed by atoms with Gasteiger partial charge in [0.2, 0.25) is 0 Å². The lowest BCUT2D eigenvalue weighted by Crippen LogP contribution is -2.32. The van der Waals surface area contributed by atoms with Crippen LogP contribution in [0.1, 0.15) is 127 Å². The summed E-state index contributed by atoms with van der Waals surface area (Å²) in [5, 5.41) is 0. The Bertz CT molecular complexity index is 846. The highest BCUT2D eigenvalue weighted by Crippen LogP contribution is 2.36. The minimum atomic E-state index is -0.613. The van der Waals surface area contributed by atoms with Gasteiger partial charge in [0.1, 0.15) is 16.8 Å². The molecule has 0 amide bonds. The Hall–Kier alpha value is -2.24. The molecule has 1 aromatic rings. The molecule has 36 heavy (non-hydrogen) atoms. The summed E-state index contributed by atoms with van der Waals surface area (Å²) in [4.78, 5) is 26.6. The van der Waals surface area contributed by atoms with E-state index in [0.29, 0.717) is 24.7 Å². The highest BCUT2D eigenvalue weighted by Gasteiger charge is 2.32. The van der Waals surface area contributed by atoms with Gasteiger partial charge in [0, 0.05) is 0 Å².